The number of carbonyl (C=O) groups is 1. The molecule has 0 aromatic heterocycles. The smallest absolute Gasteiger partial charge is 0.317 e. The zero-order valence-electron chi connectivity index (χ0n) is 7.71. The Morgan fingerprint density at radius 3 is 2.92 bits per heavy atom. The monoisotopic (exact) mass is 171 g/mol. The van der Waals surface area contributed by atoms with E-state index in [0.717, 1.165) is 13.0 Å². The van der Waals surface area contributed by atoms with Gasteiger partial charge in [0.1, 0.15) is 0 Å². The van der Waals surface area contributed by atoms with Crippen molar-refractivity contribution in [1.29, 1.82) is 0 Å². The number of nitrogens with one attached hydrogen (secondary N) is 1. The molecule has 1 aliphatic rings. The summed E-state index contributed by atoms with van der Waals surface area (Å²) in [4.78, 5) is 13.0. The Morgan fingerprint density at radius 2 is 2.50 bits per heavy atom. The van der Waals surface area contributed by atoms with E-state index < -0.39 is 0 Å². The number of rotatable bonds is 3. The predicted molar refractivity (Wildman–Crippen MR) is 47.8 cm³/mol. The number of nitrogens with zero attached hydrogens (tertiary/aromatic N) is 1. The highest BCUT2D eigenvalue weighted by molar-refractivity contribution is 5.76. The second kappa shape index (κ2) is 3.76. The van der Waals surface area contributed by atoms with Gasteiger partial charge < -0.3 is 16.0 Å². The van der Waals surface area contributed by atoms with E-state index in [-0.39, 0.29) is 12.1 Å². The van der Waals surface area contributed by atoms with E-state index >= 15 is 0 Å². The Morgan fingerprint density at radius 1 is 1.83 bits per heavy atom. The molecule has 2 amide bonds. The molecule has 1 heterocycles. The van der Waals surface area contributed by atoms with Gasteiger partial charge in [-0.2, -0.15) is 0 Å². The highest BCUT2D eigenvalue weighted by Crippen LogP contribution is 2.06. The zero-order valence-corrected chi connectivity index (χ0v) is 7.71. The Hall–Kier alpha value is -0.770. The minimum absolute atomic E-state index is 0.0270. The maximum Gasteiger partial charge on any atom is 0.317 e. The first kappa shape index (κ1) is 9.32. The van der Waals surface area contributed by atoms with Gasteiger partial charge in [0.25, 0.3) is 0 Å². The highest BCUT2D eigenvalue weighted by atomic mass is 16.2. The topological polar surface area (TPSA) is 58.4 Å². The van der Waals surface area contributed by atoms with Crippen molar-refractivity contribution in [3.8, 4) is 0 Å². The van der Waals surface area contributed by atoms with Crippen molar-refractivity contribution in [2.24, 2.45) is 5.73 Å². The first-order valence-electron chi connectivity index (χ1n) is 4.44. The van der Waals surface area contributed by atoms with E-state index in [2.05, 4.69) is 12.2 Å². The van der Waals surface area contributed by atoms with E-state index in [1.807, 2.05) is 6.92 Å². The molecular weight excluding hydrogens is 154 g/mol. The van der Waals surface area contributed by atoms with Crippen LogP contribution in [0, 0.1) is 0 Å². The van der Waals surface area contributed by atoms with Crippen molar-refractivity contribution in [2.45, 2.75) is 32.4 Å². The highest BCUT2D eigenvalue weighted by Gasteiger charge is 2.27. The minimum atomic E-state index is 0.0270. The van der Waals surface area contributed by atoms with Gasteiger partial charge in [0, 0.05) is 25.2 Å². The first-order chi connectivity index (χ1) is 5.63. The Kier molecular flexibility index (Phi) is 2.92. The summed E-state index contributed by atoms with van der Waals surface area (Å²) >= 11 is 0. The maximum absolute atomic E-state index is 11.2. The van der Waals surface area contributed by atoms with Gasteiger partial charge in [0.15, 0.2) is 0 Å². The molecule has 1 rings (SSSR count). The summed E-state index contributed by atoms with van der Waals surface area (Å²) in [7, 11) is 0. The van der Waals surface area contributed by atoms with Crippen LogP contribution >= 0.6 is 0 Å². The molecule has 4 nitrogen and oxygen atoms in total. The molecule has 70 valence electrons. The van der Waals surface area contributed by atoms with Crippen molar-refractivity contribution >= 4 is 6.03 Å². The Labute approximate surface area is 73.1 Å². The van der Waals surface area contributed by atoms with Crippen LogP contribution in [0.15, 0.2) is 0 Å². The van der Waals surface area contributed by atoms with Crippen molar-refractivity contribution in [1.82, 2.24) is 10.2 Å². The third-order valence-electron chi connectivity index (χ3n) is 2.06. The van der Waals surface area contributed by atoms with Gasteiger partial charge in [-0.3, -0.25) is 0 Å². The van der Waals surface area contributed by atoms with E-state index in [1.165, 1.54) is 0 Å². The summed E-state index contributed by atoms with van der Waals surface area (Å²) in [5, 5.41) is 2.89. The summed E-state index contributed by atoms with van der Waals surface area (Å²) in [5.41, 5.74) is 5.60. The summed E-state index contributed by atoms with van der Waals surface area (Å²) in [6.45, 7) is 5.44. The van der Waals surface area contributed by atoms with Crippen molar-refractivity contribution in [3.05, 3.63) is 0 Å². The lowest BCUT2D eigenvalue weighted by molar-refractivity contribution is 0.215. The van der Waals surface area contributed by atoms with Crippen LogP contribution in [0.4, 0.5) is 4.79 Å². The average molecular weight is 171 g/mol. The van der Waals surface area contributed by atoms with Crippen LogP contribution < -0.4 is 11.1 Å². The van der Waals surface area contributed by atoms with Gasteiger partial charge in [0.2, 0.25) is 0 Å². The van der Waals surface area contributed by atoms with Crippen LogP contribution in [0.2, 0.25) is 0 Å². The van der Waals surface area contributed by atoms with E-state index in [4.69, 9.17) is 5.73 Å². The molecule has 0 aromatic rings. The minimum Gasteiger partial charge on any atom is -0.333 e. The van der Waals surface area contributed by atoms with E-state index in [9.17, 15) is 4.79 Å². The van der Waals surface area contributed by atoms with E-state index in [1.54, 1.807) is 4.90 Å². The van der Waals surface area contributed by atoms with Crippen LogP contribution in [-0.2, 0) is 0 Å². The lowest BCUT2D eigenvalue weighted by Crippen LogP contribution is -2.37. The summed E-state index contributed by atoms with van der Waals surface area (Å²) in [5.74, 6) is 0. The molecule has 1 fully saturated rings. The SMILES string of the molecule is CCC1CN(CC(C)N)C(=O)N1. The number of amides is 2. The molecule has 2 unspecified atom stereocenters. The van der Waals surface area contributed by atoms with Gasteiger partial charge >= 0.3 is 6.03 Å². The number of hydrogen-bond acceptors (Lipinski definition) is 2. The zero-order chi connectivity index (χ0) is 9.14. The van der Waals surface area contributed by atoms with Crippen LogP contribution in [0.25, 0.3) is 0 Å². The molecule has 0 saturated carbocycles. The largest absolute Gasteiger partial charge is 0.333 e. The third kappa shape index (κ3) is 2.11. The summed E-state index contributed by atoms with van der Waals surface area (Å²) in [6.07, 6.45) is 0.987. The number of hydrogen-bond donors (Lipinski definition) is 2. The quantitative estimate of drug-likeness (QED) is 0.634. The van der Waals surface area contributed by atoms with Crippen LogP contribution in [0.1, 0.15) is 20.3 Å². The van der Waals surface area contributed by atoms with Crippen LogP contribution in [0.5, 0.6) is 0 Å². The average Bonchev–Trinajstić information content (AvgIpc) is 2.31. The molecule has 12 heavy (non-hydrogen) atoms. The second-order valence-corrected chi connectivity index (χ2v) is 3.44. The van der Waals surface area contributed by atoms with Crippen molar-refractivity contribution in [3.63, 3.8) is 0 Å². The molecule has 1 saturated heterocycles. The fraction of sp³-hybridized carbons (Fsp3) is 0.875. The second-order valence-electron chi connectivity index (χ2n) is 3.44. The Balaban J connectivity index is 2.41. The number of urea groups is 1. The molecule has 0 bridgehead atoms. The fourth-order valence-electron chi connectivity index (χ4n) is 1.40. The molecule has 3 N–H and O–H groups in total. The molecule has 0 aliphatic carbocycles. The number of nitrogens with two attached hydrogens (primary N) is 1. The third-order valence-corrected chi connectivity index (χ3v) is 2.06. The van der Waals surface area contributed by atoms with Gasteiger partial charge in [0.05, 0.1) is 0 Å². The lowest BCUT2D eigenvalue weighted by atomic mass is 10.2. The molecule has 0 radical (unpaired) electrons. The molecule has 4 heteroatoms. The van der Waals surface area contributed by atoms with Crippen molar-refractivity contribution < 1.29 is 4.79 Å². The Bertz CT molecular complexity index is 170. The normalized spacial score (nSPS) is 25.8. The summed E-state index contributed by atoms with van der Waals surface area (Å²) in [6, 6.07) is 0.404. The van der Waals surface area contributed by atoms with Crippen molar-refractivity contribution in [2.75, 3.05) is 13.1 Å². The van der Waals surface area contributed by atoms with Crippen LogP contribution in [0.3, 0.4) is 0 Å². The first-order valence-corrected chi connectivity index (χ1v) is 4.44. The molecule has 0 spiro atoms. The van der Waals surface area contributed by atoms with Gasteiger partial charge in [-0.1, -0.05) is 6.92 Å². The summed E-state index contributed by atoms with van der Waals surface area (Å²) < 4.78 is 0. The molecule has 1 aliphatic heterocycles. The van der Waals surface area contributed by atoms with Gasteiger partial charge in [-0.15, -0.1) is 0 Å². The predicted octanol–water partition coefficient (Wildman–Crippen LogP) is 0.137. The molecule has 2 atom stereocenters. The maximum atomic E-state index is 11.2. The number of carbonyl (C=O) groups excluding carboxylic acids is 1. The van der Waals surface area contributed by atoms with Gasteiger partial charge in [-0.05, 0) is 13.3 Å². The molecule has 0 aromatic carbocycles. The molecular formula is C8H17N3O. The fourth-order valence-corrected chi connectivity index (χ4v) is 1.40. The van der Waals surface area contributed by atoms with Crippen LogP contribution in [-0.4, -0.2) is 36.1 Å². The standard InChI is InChI=1S/C8H17N3O/c1-3-7-5-11(4-6(2)9)8(12)10-7/h6-7H,3-5,9H2,1-2H3,(H,10,12). The van der Waals surface area contributed by atoms with Gasteiger partial charge in [-0.25, -0.2) is 4.79 Å². The lowest BCUT2D eigenvalue weighted by Gasteiger charge is -2.16. The van der Waals surface area contributed by atoms with E-state index in [0.29, 0.717) is 12.6 Å².